The highest BCUT2D eigenvalue weighted by Gasteiger charge is 2.20. The number of rotatable bonds is 3. The molecule has 0 spiro atoms. The maximum absolute atomic E-state index is 12.8. The molecular formula is C19H17N6O2+. The van der Waals surface area contributed by atoms with Crippen LogP contribution in [0.4, 0.5) is 5.82 Å². The van der Waals surface area contributed by atoms with Gasteiger partial charge in [0.1, 0.15) is 5.39 Å². The van der Waals surface area contributed by atoms with Gasteiger partial charge in [-0.05, 0) is 36.8 Å². The van der Waals surface area contributed by atoms with E-state index in [2.05, 4.69) is 20.3 Å². The molecule has 8 heteroatoms. The molecule has 1 amide bonds. The Hall–Kier alpha value is -3.81. The molecule has 4 N–H and O–H groups in total. The lowest BCUT2D eigenvalue weighted by molar-refractivity contribution is -0.319. The fraction of sp³-hybridized carbons (Fsp3) is 0.105. The Morgan fingerprint density at radius 1 is 1.33 bits per heavy atom. The van der Waals surface area contributed by atoms with Crippen LogP contribution in [0.2, 0.25) is 0 Å². The number of carbonyl (C=O) groups is 1. The van der Waals surface area contributed by atoms with Gasteiger partial charge >= 0.3 is 5.56 Å². The van der Waals surface area contributed by atoms with Crippen molar-refractivity contribution < 1.29 is 9.78 Å². The van der Waals surface area contributed by atoms with Crippen LogP contribution in [0.5, 0.6) is 0 Å². The number of nitrogens with zero attached hydrogens (tertiary/aromatic N) is 3. The summed E-state index contributed by atoms with van der Waals surface area (Å²) in [6.07, 6.45) is 4.99. The third-order valence-electron chi connectivity index (χ3n) is 4.35. The van der Waals surface area contributed by atoms with Crippen molar-refractivity contribution >= 4 is 28.4 Å². The van der Waals surface area contributed by atoms with Gasteiger partial charge in [-0.2, -0.15) is 4.40 Å². The maximum atomic E-state index is 12.8. The van der Waals surface area contributed by atoms with Gasteiger partial charge in [0.2, 0.25) is 11.5 Å². The minimum Gasteiger partial charge on any atom is -0.369 e. The third-order valence-corrected chi connectivity index (χ3v) is 4.35. The van der Waals surface area contributed by atoms with Crippen LogP contribution in [0, 0.1) is 6.92 Å². The van der Waals surface area contributed by atoms with Crippen molar-refractivity contribution in [2.45, 2.75) is 13.5 Å². The van der Waals surface area contributed by atoms with Gasteiger partial charge in [-0.3, -0.25) is 9.78 Å². The zero-order valence-corrected chi connectivity index (χ0v) is 14.6. The van der Waals surface area contributed by atoms with Gasteiger partial charge in [0.15, 0.2) is 0 Å². The number of hydrogen-bond donors (Lipinski definition) is 2. The number of carbonyl (C=O) groups excluding carboxylic acids is 1. The lowest BCUT2D eigenvalue weighted by Crippen LogP contribution is -2.28. The molecule has 4 aromatic rings. The van der Waals surface area contributed by atoms with E-state index in [1.165, 1.54) is 10.5 Å². The van der Waals surface area contributed by atoms with Gasteiger partial charge in [0.25, 0.3) is 11.6 Å². The lowest BCUT2D eigenvalue weighted by Gasteiger charge is -2.06. The molecule has 8 nitrogen and oxygen atoms in total. The normalized spacial score (nSPS) is 11.0. The molecule has 0 aliphatic rings. The Morgan fingerprint density at radius 2 is 2.19 bits per heavy atom. The van der Waals surface area contributed by atoms with Gasteiger partial charge in [0, 0.05) is 24.5 Å². The summed E-state index contributed by atoms with van der Waals surface area (Å²) in [5.74, 6) is -0.348. The van der Waals surface area contributed by atoms with E-state index in [0.29, 0.717) is 23.2 Å². The summed E-state index contributed by atoms with van der Waals surface area (Å²) in [4.78, 5) is 36.7. The van der Waals surface area contributed by atoms with Crippen LogP contribution in [0.15, 0.2) is 53.7 Å². The van der Waals surface area contributed by atoms with E-state index in [1.54, 1.807) is 30.7 Å². The number of pyridine rings is 3. The van der Waals surface area contributed by atoms with Crippen LogP contribution in [0.3, 0.4) is 0 Å². The number of aromatic amines is 1. The lowest BCUT2D eigenvalue weighted by atomic mass is 10.2. The number of hydrogen-bond acceptors (Lipinski definition) is 5. The second-order valence-corrected chi connectivity index (χ2v) is 6.20. The minimum atomic E-state index is -0.403. The van der Waals surface area contributed by atoms with Crippen molar-refractivity contribution in [3.8, 4) is 0 Å². The minimum absolute atomic E-state index is 0.0553. The Morgan fingerprint density at radius 3 is 2.96 bits per heavy atom. The molecule has 0 unspecified atom stereocenters. The smallest absolute Gasteiger partial charge is 0.325 e. The highest BCUT2D eigenvalue weighted by Crippen LogP contribution is 2.14. The first-order valence-electron chi connectivity index (χ1n) is 8.35. The zero-order chi connectivity index (χ0) is 19.0. The first kappa shape index (κ1) is 16.6. The number of fused-ring (bicyclic) bond motifs is 2. The zero-order valence-electron chi connectivity index (χ0n) is 14.6. The first-order valence-corrected chi connectivity index (χ1v) is 8.35. The number of nitrogens with one attached hydrogen (secondary N) is 2. The summed E-state index contributed by atoms with van der Waals surface area (Å²) in [6, 6.07) is 8.79. The highest BCUT2D eigenvalue weighted by atomic mass is 16.1. The molecule has 134 valence electrons. The second kappa shape index (κ2) is 6.49. The predicted octanol–water partition coefficient (Wildman–Crippen LogP) is 0.877. The third kappa shape index (κ3) is 2.97. The Bertz CT molecular complexity index is 1230. The van der Waals surface area contributed by atoms with Crippen LogP contribution in [0.1, 0.15) is 21.5 Å². The van der Waals surface area contributed by atoms with Gasteiger partial charge in [-0.1, -0.05) is 11.1 Å². The summed E-state index contributed by atoms with van der Waals surface area (Å²) < 4.78 is 1.49. The Balaban J connectivity index is 1.76. The molecule has 4 heterocycles. The quantitative estimate of drug-likeness (QED) is 0.525. The number of aromatic nitrogens is 4. The van der Waals surface area contributed by atoms with E-state index in [9.17, 15) is 9.59 Å². The summed E-state index contributed by atoms with van der Waals surface area (Å²) >= 11 is 0. The van der Waals surface area contributed by atoms with Crippen LogP contribution in [0.25, 0.3) is 16.7 Å². The number of amides is 1. The molecule has 0 saturated heterocycles. The second-order valence-electron chi connectivity index (χ2n) is 6.20. The molecule has 0 radical (unpaired) electrons. The molecule has 0 aliphatic carbocycles. The van der Waals surface area contributed by atoms with E-state index in [-0.39, 0.29) is 16.9 Å². The molecule has 27 heavy (non-hydrogen) atoms. The Labute approximate surface area is 153 Å². The van der Waals surface area contributed by atoms with Crippen LogP contribution >= 0.6 is 0 Å². The number of anilines is 1. The molecule has 0 saturated carbocycles. The molecular weight excluding hydrogens is 344 g/mol. The Kier molecular flexibility index (Phi) is 4.00. The SMILES string of the molecule is Cc1cccn2c(=O)c3cc(C(=O)NCc4cccnc4)c(N)nc3[nH+]c12. The average molecular weight is 361 g/mol. The van der Waals surface area contributed by atoms with Crippen molar-refractivity contribution in [2.24, 2.45) is 0 Å². The van der Waals surface area contributed by atoms with Crippen LogP contribution in [-0.4, -0.2) is 20.3 Å². The van der Waals surface area contributed by atoms with E-state index in [4.69, 9.17) is 5.73 Å². The highest BCUT2D eigenvalue weighted by molar-refractivity contribution is 6.01. The summed E-state index contributed by atoms with van der Waals surface area (Å²) in [5, 5.41) is 3.06. The van der Waals surface area contributed by atoms with Gasteiger partial charge < -0.3 is 11.1 Å². The van der Waals surface area contributed by atoms with E-state index in [1.807, 2.05) is 19.1 Å². The molecule has 0 atom stereocenters. The molecule has 0 bridgehead atoms. The molecule has 0 aromatic carbocycles. The number of nitrogen functional groups attached to an aromatic ring is 1. The van der Waals surface area contributed by atoms with Gasteiger partial charge in [0.05, 0.1) is 11.8 Å². The molecule has 4 aromatic heterocycles. The number of nitrogens with two attached hydrogens (primary N) is 1. The van der Waals surface area contributed by atoms with Crippen molar-refractivity contribution in [1.82, 2.24) is 19.7 Å². The molecule has 4 rings (SSSR count). The fourth-order valence-corrected chi connectivity index (χ4v) is 2.93. The van der Waals surface area contributed by atoms with Gasteiger partial charge in [-0.25, -0.2) is 9.78 Å². The summed E-state index contributed by atoms with van der Waals surface area (Å²) in [7, 11) is 0. The maximum Gasteiger partial charge on any atom is 0.325 e. The summed E-state index contributed by atoms with van der Waals surface area (Å²) in [5.41, 5.74) is 8.60. The fourth-order valence-electron chi connectivity index (χ4n) is 2.93. The van der Waals surface area contributed by atoms with Crippen LogP contribution < -0.4 is 21.6 Å². The predicted molar refractivity (Wildman–Crippen MR) is 100 cm³/mol. The van der Waals surface area contributed by atoms with Crippen molar-refractivity contribution in [3.63, 3.8) is 0 Å². The molecule has 0 fully saturated rings. The van der Waals surface area contributed by atoms with Crippen molar-refractivity contribution in [1.29, 1.82) is 0 Å². The number of H-pyrrole nitrogens is 1. The monoisotopic (exact) mass is 361 g/mol. The van der Waals surface area contributed by atoms with E-state index < -0.39 is 5.91 Å². The standard InChI is InChI=1S/C19H16N6O2/c1-11-4-3-7-25-17(11)24-16-14(19(25)27)8-13(15(20)23-16)18(26)22-10-12-5-2-6-21-9-12/h2-9H,10H2,1H3,(H2,20,23)(H,22,26)/p+1. The van der Waals surface area contributed by atoms with E-state index in [0.717, 1.165) is 11.1 Å². The van der Waals surface area contributed by atoms with E-state index >= 15 is 0 Å². The van der Waals surface area contributed by atoms with Crippen molar-refractivity contribution in [3.05, 3.63) is 76.0 Å². The van der Waals surface area contributed by atoms with Gasteiger partial charge in [-0.15, -0.1) is 0 Å². The topological polar surface area (TPSA) is 117 Å². The molecule has 0 aliphatic heterocycles. The van der Waals surface area contributed by atoms with Crippen LogP contribution in [-0.2, 0) is 6.54 Å². The average Bonchev–Trinajstić information content (AvgIpc) is 2.67. The first-order chi connectivity index (χ1) is 13.0. The number of aryl methyl sites for hydroxylation is 1. The largest absolute Gasteiger partial charge is 0.369 e. The summed E-state index contributed by atoms with van der Waals surface area (Å²) in [6.45, 7) is 2.19. The van der Waals surface area contributed by atoms with Crippen molar-refractivity contribution in [2.75, 3.05) is 5.73 Å².